The number of nitrogens with one attached hydrogen (secondary N) is 1. The molecule has 0 fully saturated rings. The number of benzene rings is 1. The number of aromatic carboxylic acids is 2. The van der Waals surface area contributed by atoms with Crippen molar-refractivity contribution in [3.05, 3.63) is 40.1 Å². The van der Waals surface area contributed by atoms with E-state index in [1.807, 2.05) is 0 Å². The van der Waals surface area contributed by atoms with Crippen molar-refractivity contribution in [1.29, 1.82) is 0 Å². The summed E-state index contributed by atoms with van der Waals surface area (Å²) in [6.45, 7) is 0. The summed E-state index contributed by atoms with van der Waals surface area (Å²) in [4.78, 5) is 28.1. The third-order valence-electron chi connectivity index (χ3n) is 2.25. The summed E-state index contributed by atoms with van der Waals surface area (Å²) in [6, 6.07) is 6.97. The zero-order valence-electron chi connectivity index (χ0n) is 8.85. The molecule has 0 radical (unpaired) electrons. The molecule has 0 bridgehead atoms. The van der Waals surface area contributed by atoms with E-state index in [1.165, 1.54) is 0 Å². The molecule has 0 unspecified atom stereocenters. The number of rotatable bonds is 3. The zero-order valence-corrected chi connectivity index (χ0v) is 10.4. The van der Waals surface area contributed by atoms with Gasteiger partial charge in [-0.15, -0.1) is 0 Å². The normalized spacial score (nSPS) is 10.3. The van der Waals surface area contributed by atoms with Gasteiger partial charge in [-0.2, -0.15) is 0 Å². The third kappa shape index (κ3) is 2.12. The Balaban J connectivity index is 2.61. The molecule has 0 aliphatic carbocycles. The molecule has 7 heteroatoms. The first-order valence-electron chi connectivity index (χ1n) is 4.82. The summed E-state index contributed by atoms with van der Waals surface area (Å²) < 4.78 is 0.688. The quantitative estimate of drug-likeness (QED) is 0.806. The minimum absolute atomic E-state index is 0.192. The lowest BCUT2D eigenvalue weighted by atomic mass is 10.2. The summed E-state index contributed by atoms with van der Waals surface area (Å²) in [7, 11) is 0. The fourth-order valence-corrected chi connectivity index (χ4v) is 1.94. The largest absolute Gasteiger partial charge is 0.477 e. The predicted octanol–water partition coefficient (Wildman–Crippen LogP) is 2.24. The van der Waals surface area contributed by atoms with E-state index in [0.29, 0.717) is 10.0 Å². The Labute approximate surface area is 109 Å². The molecule has 0 aliphatic rings. The Hall–Kier alpha value is -2.15. The van der Waals surface area contributed by atoms with Gasteiger partial charge in [-0.25, -0.2) is 14.6 Å². The number of imidazole rings is 1. The van der Waals surface area contributed by atoms with Gasteiger partial charge in [0.25, 0.3) is 0 Å². The maximum absolute atomic E-state index is 10.9. The van der Waals surface area contributed by atoms with Gasteiger partial charge in [0.15, 0.2) is 11.4 Å². The van der Waals surface area contributed by atoms with Crippen LogP contribution in [0, 0.1) is 0 Å². The molecule has 0 saturated carbocycles. The Kier molecular flexibility index (Phi) is 3.15. The highest BCUT2D eigenvalue weighted by atomic mass is 79.9. The number of carboxylic acid groups (broad SMARTS) is 2. The minimum atomic E-state index is -1.39. The van der Waals surface area contributed by atoms with E-state index in [-0.39, 0.29) is 5.82 Å². The second-order valence-corrected chi connectivity index (χ2v) is 4.25. The molecule has 92 valence electrons. The Morgan fingerprint density at radius 2 is 1.83 bits per heavy atom. The number of hydrogen-bond donors (Lipinski definition) is 3. The molecule has 1 heterocycles. The van der Waals surface area contributed by atoms with Crippen molar-refractivity contribution >= 4 is 27.9 Å². The van der Waals surface area contributed by atoms with Crippen molar-refractivity contribution in [2.45, 2.75) is 0 Å². The first-order valence-corrected chi connectivity index (χ1v) is 5.61. The van der Waals surface area contributed by atoms with Crippen molar-refractivity contribution < 1.29 is 19.8 Å². The van der Waals surface area contributed by atoms with Crippen LogP contribution < -0.4 is 0 Å². The smallest absolute Gasteiger partial charge is 0.357 e. The van der Waals surface area contributed by atoms with Crippen LogP contribution in [0.25, 0.3) is 11.4 Å². The van der Waals surface area contributed by atoms with Gasteiger partial charge < -0.3 is 15.2 Å². The van der Waals surface area contributed by atoms with Crippen molar-refractivity contribution in [3.63, 3.8) is 0 Å². The van der Waals surface area contributed by atoms with Crippen LogP contribution in [0.2, 0.25) is 0 Å². The van der Waals surface area contributed by atoms with Gasteiger partial charge >= 0.3 is 11.9 Å². The van der Waals surface area contributed by atoms with Crippen LogP contribution in [0.15, 0.2) is 28.7 Å². The second kappa shape index (κ2) is 4.61. The van der Waals surface area contributed by atoms with E-state index >= 15 is 0 Å². The molecule has 3 N–H and O–H groups in total. The van der Waals surface area contributed by atoms with Crippen molar-refractivity contribution in [3.8, 4) is 11.4 Å². The van der Waals surface area contributed by atoms with E-state index in [9.17, 15) is 9.59 Å². The van der Waals surface area contributed by atoms with E-state index in [0.717, 1.165) is 0 Å². The molecule has 0 atom stereocenters. The van der Waals surface area contributed by atoms with E-state index in [2.05, 4.69) is 25.9 Å². The van der Waals surface area contributed by atoms with Gasteiger partial charge in [0.1, 0.15) is 5.82 Å². The monoisotopic (exact) mass is 310 g/mol. The van der Waals surface area contributed by atoms with Crippen molar-refractivity contribution in [2.75, 3.05) is 0 Å². The molecule has 0 aliphatic heterocycles. The van der Waals surface area contributed by atoms with Crippen LogP contribution >= 0.6 is 15.9 Å². The van der Waals surface area contributed by atoms with Crippen LogP contribution in [0.4, 0.5) is 0 Å². The number of hydrogen-bond acceptors (Lipinski definition) is 3. The van der Waals surface area contributed by atoms with Gasteiger partial charge in [0.05, 0.1) is 0 Å². The fourth-order valence-electron chi connectivity index (χ4n) is 1.46. The highest BCUT2D eigenvalue weighted by Crippen LogP contribution is 2.26. The molecular formula is C11H7BrN2O4. The summed E-state index contributed by atoms with van der Waals surface area (Å²) >= 11 is 3.29. The predicted molar refractivity (Wildman–Crippen MR) is 65.6 cm³/mol. The van der Waals surface area contributed by atoms with Crippen LogP contribution in [-0.2, 0) is 0 Å². The molecule has 2 rings (SSSR count). The average molecular weight is 311 g/mol. The number of carboxylic acids is 2. The van der Waals surface area contributed by atoms with Crippen LogP contribution in [0.5, 0.6) is 0 Å². The second-order valence-electron chi connectivity index (χ2n) is 3.40. The van der Waals surface area contributed by atoms with Gasteiger partial charge in [0, 0.05) is 10.0 Å². The van der Waals surface area contributed by atoms with E-state index < -0.39 is 23.3 Å². The van der Waals surface area contributed by atoms with E-state index in [1.54, 1.807) is 24.3 Å². The molecule has 0 amide bonds. The molecular weight excluding hydrogens is 304 g/mol. The topological polar surface area (TPSA) is 103 Å². The summed E-state index contributed by atoms with van der Waals surface area (Å²) in [5.41, 5.74) is -0.353. The average Bonchev–Trinajstić information content (AvgIpc) is 2.74. The SMILES string of the molecule is O=C(O)c1nc(-c2ccccc2Br)[nH]c1C(=O)O. The van der Waals surface area contributed by atoms with Gasteiger partial charge in [-0.3, -0.25) is 0 Å². The molecule has 18 heavy (non-hydrogen) atoms. The summed E-state index contributed by atoms with van der Waals surface area (Å²) in [6.07, 6.45) is 0. The summed E-state index contributed by atoms with van der Waals surface area (Å²) in [5.74, 6) is -2.56. The molecule has 6 nitrogen and oxygen atoms in total. The minimum Gasteiger partial charge on any atom is -0.477 e. The third-order valence-corrected chi connectivity index (χ3v) is 2.94. The number of H-pyrrole nitrogens is 1. The van der Waals surface area contributed by atoms with Crippen LogP contribution in [0.3, 0.4) is 0 Å². The fraction of sp³-hybridized carbons (Fsp3) is 0. The highest BCUT2D eigenvalue weighted by molar-refractivity contribution is 9.10. The molecule has 0 spiro atoms. The van der Waals surface area contributed by atoms with Crippen LogP contribution in [0.1, 0.15) is 21.0 Å². The van der Waals surface area contributed by atoms with Gasteiger partial charge in [-0.1, -0.05) is 34.1 Å². The number of aromatic amines is 1. The lowest BCUT2D eigenvalue weighted by Crippen LogP contribution is -2.07. The molecule has 2 aromatic rings. The molecule has 0 saturated heterocycles. The van der Waals surface area contributed by atoms with E-state index in [4.69, 9.17) is 10.2 Å². The molecule has 1 aromatic heterocycles. The standard InChI is InChI=1S/C11H7BrN2O4/c12-6-4-2-1-3-5(6)9-13-7(10(15)16)8(14-9)11(17)18/h1-4H,(H,13,14)(H,15,16)(H,17,18). The number of nitrogens with zero attached hydrogens (tertiary/aromatic N) is 1. The first-order chi connectivity index (χ1) is 8.50. The lowest BCUT2D eigenvalue weighted by molar-refractivity contribution is 0.0644. The van der Waals surface area contributed by atoms with Gasteiger partial charge in [-0.05, 0) is 6.07 Å². The van der Waals surface area contributed by atoms with Crippen LogP contribution in [-0.4, -0.2) is 32.1 Å². The number of aromatic nitrogens is 2. The maximum Gasteiger partial charge on any atom is 0.357 e. The van der Waals surface area contributed by atoms with Gasteiger partial charge in [0.2, 0.25) is 0 Å². The number of halogens is 1. The Bertz CT molecular complexity index is 604. The lowest BCUT2D eigenvalue weighted by Gasteiger charge is -1.98. The molecule has 1 aromatic carbocycles. The Morgan fingerprint density at radius 3 is 2.33 bits per heavy atom. The zero-order chi connectivity index (χ0) is 13.3. The maximum atomic E-state index is 10.9. The van der Waals surface area contributed by atoms with Crippen molar-refractivity contribution in [2.24, 2.45) is 0 Å². The van der Waals surface area contributed by atoms with Crippen molar-refractivity contribution in [1.82, 2.24) is 9.97 Å². The first kappa shape index (κ1) is 12.3. The number of carbonyl (C=O) groups is 2. The Morgan fingerprint density at radius 1 is 1.17 bits per heavy atom. The highest BCUT2D eigenvalue weighted by Gasteiger charge is 2.22. The summed E-state index contributed by atoms with van der Waals surface area (Å²) in [5, 5.41) is 17.8.